The average Bonchev–Trinajstić information content (AvgIpc) is 3.17. The third kappa shape index (κ3) is 4.10. The molecule has 0 spiro atoms. The van der Waals surface area contributed by atoms with Crippen LogP contribution in [0.15, 0.2) is 48.9 Å². The van der Waals surface area contributed by atoms with Crippen LogP contribution >= 0.6 is 0 Å². The van der Waals surface area contributed by atoms with Crippen LogP contribution in [0.25, 0.3) is 0 Å². The van der Waals surface area contributed by atoms with Gasteiger partial charge in [-0.3, -0.25) is 14.2 Å². The molecular formula is C18H21N5O. The van der Waals surface area contributed by atoms with Gasteiger partial charge in [-0.15, -0.1) is 0 Å². The van der Waals surface area contributed by atoms with E-state index in [0.717, 1.165) is 5.69 Å². The van der Waals surface area contributed by atoms with Crippen molar-refractivity contribution in [2.75, 3.05) is 5.32 Å². The van der Waals surface area contributed by atoms with Crippen LogP contribution < -0.4 is 5.32 Å². The first-order chi connectivity index (χ1) is 11.6. The van der Waals surface area contributed by atoms with Crippen LogP contribution in [0.4, 0.5) is 5.69 Å². The van der Waals surface area contributed by atoms with E-state index < -0.39 is 0 Å². The lowest BCUT2D eigenvalue weighted by Gasteiger charge is -2.05. The summed E-state index contributed by atoms with van der Waals surface area (Å²) >= 11 is 0. The summed E-state index contributed by atoms with van der Waals surface area (Å²) in [5.41, 5.74) is 4.11. The van der Waals surface area contributed by atoms with Gasteiger partial charge in [0.2, 0.25) is 5.91 Å². The predicted molar refractivity (Wildman–Crippen MR) is 92.7 cm³/mol. The van der Waals surface area contributed by atoms with Crippen molar-refractivity contribution < 1.29 is 4.79 Å². The van der Waals surface area contributed by atoms with Crippen molar-refractivity contribution in [3.63, 3.8) is 0 Å². The molecule has 0 bridgehead atoms. The van der Waals surface area contributed by atoms with E-state index in [2.05, 4.69) is 34.6 Å². The van der Waals surface area contributed by atoms with E-state index in [4.69, 9.17) is 0 Å². The van der Waals surface area contributed by atoms with Crippen LogP contribution in [0, 0.1) is 13.8 Å². The highest BCUT2D eigenvalue weighted by atomic mass is 16.1. The topological polar surface area (TPSA) is 64.7 Å². The van der Waals surface area contributed by atoms with Gasteiger partial charge >= 0.3 is 0 Å². The van der Waals surface area contributed by atoms with Gasteiger partial charge in [0.15, 0.2) is 0 Å². The number of nitrogens with zero attached hydrogens (tertiary/aromatic N) is 4. The highest BCUT2D eigenvalue weighted by molar-refractivity contribution is 5.90. The number of aryl methyl sites for hydroxylation is 3. The predicted octanol–water partition coefficient (Wildman–Crippen LogP) is 2.77. The van der Waals surface area contributed by atoms with E-state index in [1.54, 1.807) is 10.9 Å². The Morgan fingerprint density at radius 3 is 2.75 bits per heavy atom. The first kappa shape index (κ1) is 16.0. The minimum Gasteiger partial charge on any atom is -0.323 e. The van der Waals surface area contributed by atoms with E-state index in [1.165, 1.54) is 11.1 Å². The van der Waals surface area contributed by atoms with Crippen LogP contribution in [0.1, 0.15) is 23.2 Å². The van der Waals surface area contributed by atoms with Crippen molar-refractivity contribution in [3.05, 3.63) is 65.7 Å². The van der Waals surface area contributed by atoms with Crippen LogP contribution in [0.2, 0.25) is 0 Å². The zero-order valence-corrected chi connectivity index (χ0v) is 13.9. The summed E-state index contributed by atoms with van der Waals surface area (Å²) in [5, 5.41) is 11.5. The Morgan fingerprint density at radius 1 is 1.17 bits per heavy atom. The largest absolute Gasteiger partial charge is 0.323 e. The average molecular weight is 323 g/mol. The molecule has 0 unspecified atom stereocenters. The van der Waals surface area contributed by atoms with Gasteiger partial charge in [0.25, 0.3) is 0 Å². The van der Waals surface area contributed by atoms with E-state index >= 15 is 0 Å². The zero-order valence-electron chi connectivity index (χ0n) is 13.9. The normalized spacial score (nSPS) is 10.8. The number of nitrogens with one attached hydrogen (secondary N) is 1. The van der Waals surface area contributed by atoms with Gasteiger partial charge < -0.3 is 5.32 Å². The van der Waals surface area contributed by atoms with Crippen LogP contribution in [-0.4, -0.2) is 25.5 Å². The maximum Gasteiger partial charge on any atom is 0.226 e. The highest BCUT2D eigenvalue weighted by Crippen LogP contribution is 2.11. The molecule has 1 aromatic carbocycles. The third-order valence-electron chi connectivity index (χ3n) is 3.85. The maximum atomic E-state index is 12.0. The number of rotatable bonds is 6. The number of anilines is 1. The van der Waals surface area contributed by atoms with Crippen molar-refractivity contribution in [1.82, 2.24) is 19.6 Å². The maximum absolute atomic E-state index is 12.0. The molecule has 3 aromatic rings. The summed E-state index contributed by atoms with van der Waals surface area (Å²) in [6.07, 6.45) is 5.78. The second-order valence-corrected chi connectivity index (χ2v) is 5.87. The number of carbonyl (C=O) groups is 1. The van der Waals surface area contributed by atoms with Gasteiger partial charge in [0, 0.05) is 25.4 Å². The molecule has 2 heterocycles. The smallest absolute Gasteiger partial charge is 0.226 e. The Kier molecular flexibility index (Phi) is 4.74. The summed E-state index contributed by atoms with van der Waals surface area (Å²) in [6, 6.07) is 10.1. The second kappa shape index (κ2) is 7.12. The van der Waals surface area contributed by atoms with Gasteiger partial charge in [0.05, 0.1) is 24.1 Å². The van der Waals surface area contributed by atoms with Crippen LogP contribution in [-0.2, 0) is 17.9 Å². The van der Waals surface area contributed by atoms with E-state index in [-0.39, 0.29) is 5.91 Å². The number of benzene rings is 1. The van der Waals surface area contributed by atoms with Gasteiger partial charge in [-0.2, -0.15) is 10.2 Å². The molecule has 0 fully saturated rings. The third-order valence-corrected chi connectivity index (χ3v) is 3.85. The minimum absolute atomic E-state index is 0.0430. The molecule has 0 atom stereocenters. The Balaban J connectivity index is 1.53. The number of hydrogen-bond donors (Lipinski definition) is 1. The lowest BCUT2D eigenvalue weighted by molar-refractivity contribution is -0.116. The van der Waals surface area contributed by atoms with Crippen molar-refractivity contribution in [3.8, 4) is 0 Å². The SMILES string of the molecule is Cc1ccn(CCC(=O)Nc2cnn(Cc3ccccc3C)c2)n1. The highest BCUT2D eigenvalue weighted by Gasteiger charge is 2.06. The summed E-state index contributed by atoms with van der Waals surface area (Å²) in [6.45, 7) is 5.27. The Morgan fingerprint density at radius 2 is 2.00 bits per heavy atom. The van der Waals surface area contributed by atoms with Gasteiger partial charge in [-0.1, -0.05) is 24.3 Å². The molecule has 2 aromatic heterocycles. The lowest BCUT2D eigenvalue weighted by atomic mass is 10.1. The Hall–Kier alpha value is -2.89. The number of hydrogen-bond acceptors (Lipinski definition) is 3. The molecule has 6 nitrogen and oxygen atoms in total. The molecule has 1 N–H and O–H groups in total. The molecule has 1 amide bonds. The van der Waals surface area contributed by atoms with Gasteiger partial charge in [-0.25, -0.2) is 0 Å². The zero-order chi connectivity index (χ0) is 16.9. The number of aromatic nitrogens is 4. The second-order valence-electron chi connectivity index (χ2n) is 5.87. The molecule has 0 radical (unpaired) electrons. The first-order valence-corrected chi connectivity index (χ1v) is 7.97. The number of amides is 1. The van der Waals surface area contributed by atoms with E-state index in [1.807, 2.05) is 42.2 Å². The first-order valence-electron chi connectivity index (χ1n) is 7.97. The number of carbonyl (C=O) groups excluding carboxylic acids is 1. The fourth-order valence-electron chi connectivity index (χ4n) is 2.50. The van der Waals surface area contributed by atoms with Crippen LogP contribution in [0.3, 0.4) is 0 Å². The summed E-state index contributed by atoms with van der Waals surface area (Å²) in [4.78, 5) is 12.0. The molecule has 3 rings (SSSR count). The minimum atomic E-state index is -0.0430. The van der Waals surface area contributed by atoms with Crippen molar-refractivity contribution in [2.24, 2.45) is 0 Å². The molecule has 0 aliphatic carbocycles. The van der Waals surface area contributed by atoms with Crippen molar-refractivity contribution in [1.29, 1.82) is 0 Å². The quantitative estimate of drug-likeness (QED) is 0.758. The Bertz CT molecular complexity index is 833. The molecule has 124 valence electrons. The molecule has 0 saturated heterocycles. The fourth-order valence-corrected chi connectivity index (χ4v) is 2.50. The van der Waals surface area contributed by atoms with Crippen LogP contribution in [0.5, 0.6) is 0 Å². The van der Waals surface area contributed by atoms with E-state index in [0.29, 0.717) is 25.2 Å². The molecule has 6 heteroatoms. The molecule has 0 aliphatic rings. The molecule has 0 saturated carbocycles. The van der Waals surface area contributed by atoms with Crippen molar-refractivity contribution >= 4 is 11.6 Å². The molecular weight excluding hydrogens is 302 g/mol. The fraction of sp³-hybridized carbons (Fsp3) is 0.278. The lowest BCUT2D eigenvalue weighted by Crippen LogP contribution is -2.14. The van der Waals surface area contributed by atoms with Gasteiger partial charge in [0.1, 0.15) is 0 Å². The van der Waals surface area contributed by atoms with E-state index in [9.17, 15) is 4.79 Å². The summed E-state index contributed by atoms with van der Waals surface area (Å²) < 4.78 is 3.60. The summed E-state index contributed by atoms with van der Waals surface area (Å²) in [5.74, 6) is -0.0430. The molecule has 0 aliphatic heterocycles. The van der Waals surface area contributed by atoms with Crippen molar-refractivity contribution in [2.45, 2.75) is 33.4 Å². The summed E-state index contributed by atoms with van der Waals surface area (Å²) in [7, 11) is 0. The standard InChI is InChI=1S/C18H21N5O/c1-14-5-3-4-6-16(14)12-23-13-17(11-19-23)20-18(24)8-10-22-9-7-15(2)21-22/h3-7,9,11,13H,8,10,12H2,1-2H3,(H,20,24). The monoisotopic (exact) mass is 323 g/mol. The molecule has 24 heavy (non-hydrogen) atoms. The Labute approximate surface area is 141 Å². The van der Waals surface area contributed by atoms with Gasteiger partial charge in [-0.05, 0) is 31.0 Å².